The lowest BCUT2D eigenvalue weighted by Gasteiger charge is -2.19. The normalized spacial score (nSPS) is 10.2. The second kappa shape index (κ2) is 7.64. The molecule has 2 aromatic rings. The van der Waals surface area contributed by atoms with Crippen LogP contribution in [0.5, 0.6) is 0 Å². The molecule has 1 aromatic carbocycles. The lowest BCUT2D eigenvalue weighted by atomic mass is 10.3. The number of benzene rings is 1. The zero-order valence-corrected chi connectivity index (χ0v) is 13.1. The van der Waals surface area contributed by atoms with Gasteiger partial charge in [0.1, 0.15) is 0 Å². The zero-order valence-electron chi connectivity index (χ0n) is 12.3. The topological polar surface area (TPSA) is 57.3 Å². The highest BCUT2D eigenvalue weighted by molar-refractivity contribution is 7.11. The van der Waals surface area contributed by atoms with Gasteiger partial charge in [-0.05, 0) is 19.1 Å². The summed E-state index contributed by atoms with van der Waals surface area (Å²) >= 11 is 1.59. The van der Waals surface area contributed by atoms with Crippen LogP contribution < -0.4 is 15.5 Å². The number of carbonyl (C=O) groups excluding carboxylic acids is 1. The Kier molecular flexibility index (Phi) is 5.57. The van der Waals surface area contributed by atoms with E-state index in [-0.39, 0.29) is 6.03 Å². The molecule has 0 spiro atoms. The first kappa shape index (κ1) is 15.3. The van der Waals surface area contributed by atoms with E-state index in [1.807, 2.05) is 44.3 Å². The average molecular weight is 304 g/mol. The number of hydrogen-bond donors (Lipinski definition) is 2. The van der Waals surface area contributed by atoms with E-state index in [1.165, 1.54) is 0 Å². The first-order chi connectivity index (χ1) is 10.1. The molecule has 0 fully saturated rings. The van der Waals surface area contributed by atoms with Gasteiger partial charge in [-0.15, -0.1) is 11.3 Å². The summed E-state index contributed by atoms with van der Waals surface area (Å²) in [4.78, 5) is 19.0. The van der Waals surface area contributed by atoms with Crippen molar-refractivity contribution in [2.45, 2.75) is 13.5 Å². The Bertz CT molecular complexity index is 570. The number of anilines is 1. The van der Waals surface area contributed by atoms with Crippen molar-refractivity contribution in [3.8, 4) is 0 Å². The van der Waals surface area contributed by atoms with Gasteiger partial charge in [0, 0.05) is 36.9 Å². The van der Waals surface area contributed by atoms with Gasteiger partial charge in [0.2, 0.25) is 0 Å². The largest absolute Gasteiger partial charge is 0.373 e. The maximum absolute atomic E-state index is 11.7. The Morgan fingerprint density at radius 1 is 1.29 bits per heavy atom. The number of aromatic nitrogens is 1. The molecule has 5 nitrogen and oxygen atoms in total. The summed E-state index contributed by atoms with van der Waals surface area (Å²) in [7, 11) is 2.01. The highest BCUT2D eigenvalue weighted by atomic mass is 32.1. The molecule has 112 valence electrons. The van der Waals surface area contributed by atoms with Crippen LogP contribution in [0, 0.1) is 6.92 Å². The molecule has 2 rings (SSSR count). The van der Waals surface area contributed by atoms with Crippen molar-refractivity contribution < 1.29 is 4.79 Å². The van der Waals surface area contributed by atoms with Crippen molar-refractivity contribution in [1.82, 2.24) is 15.6 Å². The molecule has 0 radical (unpaired) electrons. The lowest BCUT2D eigenvalue weighted by molar-refractivity contribution is 0.241. The number of nitrogens with zero attached hydrogens (tertiary/aromatic N) is 2. The zero-order chi connectivity index (χ0) is 15.1. The molecule has 0 aliphatic carbocycles. The number of urea groups is 1. The molecule has 0 saturated heterocycles. The van der Waals surface area contributed by atoms with Crippen LogP contribution in [0.4, 0.5) is 10.5 Å². The van der Waals surface area contributed by atoms with E-state index in [4.69, 9.17) is 0 Å². The molecule has 2 amide bonds. The second-order valence-corrected chi connectivity index (χ2v) is 6.03. The standard InChI is InChI=1S/C15H20N4OS/c1-12-17-10-14(21-12)11-18-15(20)16-8-9-19(2)13-6-4-3-5-7-13/h3-7,10H,8-9,11H2,1-2H3,(H2,16,18,20). The molecule has 0 unspecified atom stereocenters. The number of para-hydroxylation sites is 1. The Morgan fingerprint density at radius 2 is 2.05 bits per heavy atom. The summed E-state index contributed by atoms with van der Waals surface area (Å²) in [6.07, 6.45) is 1.80. The van der Waals surface area contributed by atoms with E-state index in [0.29, 0.717) is 13.1 Å². The quantitative estimate of drug-likeness (QED) is 0.861. The third-order valence-electron chi connectivity index (χ3n) is 3.02. The average Bonchev–Trinajstić information content (AvgIpc) is 2.91. The lowest BCUT2D eigenvalue weighted by Crippen LogP contribution is -2.39. The number of hydrogen-bond acceptors (Lipinski definition) is 4. The van der Waals surface area contributed by atoms with Gasteiger partial charge in [-0.2, -0.15) is 0 Å². The number of thiazole rings is 1. The van der Waals surface area contributed by atoms with Gasteiger partial charge in [0.05, 0.1) is 11.6 Å². The SMILES string of the molecule is Cc1ncc(CNC(=O)NCCN(C)c2ccccc2)s1. The molecule has 0 atom stereocenters. The van der Waals surface area contributed by atoms with Crippen molar-refractivity contribution in [2.75, 3.05) is 25.0 Å². The Balaban J connectivity index is 1.65. The van der Waals surface area contributed by atoms with Crippen molar-refractivity contribution >= 4 is 23.1 Å². The first-order valence-electron chi connectivity index (χ1n) is 6.84. The van der Waals surface area contributed by atoms with E-state index < -0.39 is 0 Å². The summed E-state index contributed by atoms with van der Waals surface area (Å²) in [5, 5.41) is 6.69. The molecule has 0 saturated carbocycles. The van der Waals surface area contributed by atoms with Gasteiger partial charge in [-0.25, -0.2) is 9.78 Å². The minimum absolute atomic E-state index is 0.150. The maximum Gasteiger partial charge on any atom is 0.315 e. The third-order valence-corrected chi connectivity index (χ3v) is 3.93. The Morgan fingerprint density at radius 3 is 2.71 bits per heavy atom. The summed E-state index contributed by atoms with van der Waals surface area (Å²) in [6.45, 7) is 3.83. The number of rotatable bonds is 6. The van der Waals surface area contributed by atoms with E-state index in [0.717, 1.165) is 22.1 Å². The number of likely N-dealkylation sites (N-methyl/N-ethyl adjacent to an activating group) is 1. The van der Waals surface area contributed by atoms with Crippen LogP contribution in [0.2, 0.25) is 0 Å². The molecule has 1 aromatic heterocycles. The molecule has 21 heavy (non-hydrogen) atoms. The van der Waals surface area contributed by atoms with Gasteiger partial charge in [0.15, 0.2) is 0 Å². The van der Waals surface area contributed by atoms with Crippen molar-refractivity contribution in [3.63, 3.8) is 0 Å². The first-order valence-corrected chi connectivity index (χ1v) is 7.66. The van der Waals surface area contributed by atoms with Gasteiger partial charge < -0.3 is 15.5 Å². The fourth-order valence-electron chi connectivity index (χ4n) is 1.87. The van der Waals surface area contributed by atoms with Gasteiger partial charge in [-0.3, -0.25) is 0 Å². The molecule has 0 aliphatic rings. The van der Waals surface area contributed by atoms with Gasteiger partial charge in [-0.1, -0.05) is 18.2 Å². The monoisotopic (exact) mass is 304 g/mol. The minimum atomic E-state index is -0.150. The Labute approximate surface area is 129 Å². The number of nitrogens with one attached hydrogen (secondary N) is 2. The van der Waals surface area contributed by atoms with Crippen LogP contribution in [0.3, 0.4) is 0 Å². The highest BCUT2D eigenvalue weighted by Gasteiger charge is 2.04. The van der Waals surface area contributed by atoms with Gasteiger partial charge in [0.25, 0.3) is 0 Å². The maximum atomic E-state index is 11.7. The smallest absolute Gasteiger partial charge is 0.315 e. The predicted molar refractivity (Wildman–Crippen MR) is 86.8 cm³/mol. The van der Waals surface area contributed by atoms with Crippen LogP contribution in [0.1, 0.15) is 9.88 Å². The summed E-state index contributed by atoms with van der Waals surface area (Å²) in [5.74, 6) is 0. The molecule has 1 heterocycles. The second-order valence-electron chi connectivity index (χ2n) is 4.71. The van der Waals surface area contributed by atoms with Crippen molar-refractivity contribution in [2.24, 2.45) is 0 Å². The Hall–Kier alpha value is -2.08. The third kappa shape index (κ3) is 5.07. The van der Waals surface area contributed by atoms with Crippen LogP contribution in [-0.2, 0) is 6.54 Å². The number of carbonyl (C=O) groups is 1. The van der Waals surface area contributed by atoms with E-state index in [1.54, 1.807) is 17.5 Å². The van der Waals surface area contributed by atoms with E-state index >= 15 is 0 Å². The number of aryl methyl sites for hydroxylation is 1. The summed E-state index contributed by atoms with van der Waals surface area (Å²) in [5.41, 5.74) is 1.14. The molecule has 6 heteroatoms. The summed E-state index contributed by atoms with van der Waals surface area (Å²) < 4.78 is 0. The molecular weight excluding hydrogens is 284 g/mol. The fourth-order valence-corrected chi connectivity index (χ4v) is 2.60. The molecule has 0 bridgehead atoms. The molecule has 0 aliphatic heterocycles. The van der Waals surface area contributed by atoms with Crippen LogP contribution in [-0.4, -0.2) is 31.2 Å². The minimum Gasteiger partial charge on any atom is -0.373 e. The molecular formula is C15H20N4OS. The van der Waals surface area contributed by atoms with Crippen molar-refractivity contribution in [1.29, 1.82) is 0 Å². The van der Waals surface area contributed by atoms with Crippen LogP contribution in [0.25, 0.3) is 0 Å². The fraction of sp³-hybridized carbons (Fsp3) is 0.333. The molecule has 2 N–H and O–H groups in total. The van der Waals surface area contributed by atoms with E-state index in [9.17, 15) is 4.79 Å². The highest BCUT2D eigenvalue weighted by Crippen LogP contribution is 2.11. The van der Waals surface area contributed by atoms with Crippen molar-refractivity contribution in [3.05, 3.63) is 46.4 Å². The predicted octanol–water partition coefficient (Wildman–Crippen LogP) is 2.39. The summed E-state index contributed by atoms with van der Waals surface area (Å²) in [6, 6.07) is 9.94. The van der Waals surface area contributed by atoms with E-state index in [2.05, 4.69) is 20.5 Å². The van der Waals surface area contributed by atoms with Crippen LogP contribution >= 0.6 is 11.3 Å². The van der Waals surface area contributed by atoms with Crippen LogP contribution in [0.15, 0.2) is 36.5 Å². The van der Waals surface area contributed by atoms with Gasteiger partial charge >= 0.3 is 6.03 Å². The number of amides is 2.